The van der Waals surface area contributed by atoms with Crippen LogP contribution in [-0.2, 0) is 10.0 Å². The first-order valence-corrected chi connectivity index (χ1v) is 7.58. The zero-order chi connectivity index (χ0) is 12.2. The normalized spacial score (nSPS) is 11.1. The van der Waals surface area contributed by atoms with Crippen molar-refractivity contribution in [2.45, 2.75) is 11.8 Å². The topological polar surface area (TPSA) is 70.0 Å². The fourth-order valence-electron chi connectivity index (χ4n) is 1.27. The second kappa shape index (κ2) is 5.61. The molecule has 0 fully saturated rings. The number of benzene rings is 1. The Balaban J connectivity index is 3.10. The fraction of sp³-hybridized carbons (Fsp3) is 0.300. The summed E-state index contributed by atoms with van der Waals surface area (Å²) < 4.78 is 26.8. The molecule has 0 aliphatic rings. The number of halogens is 1. The Kier molecular flexibility index (Phi) is 4.70. The molecule has 0 saturated carbocycles. The lowest BCUT2D eigenvalue weighted by Crippen LogP contribution is -2.26. The van der Waals surface area contributed by atoms with Gasteiger partial charge in [0.05, 0.1) is 16.5 Å². The quantitative estimate of drug-likeness (QED) is 0.662. The van der Waals surface area contributed by atoms with E-state index in [2.05, 4.69) is 27.3 Å². The van der Waals surface area contributed by atoms with E-state index in [-0.39, 0.29) is 4.90 Å². The lowest BCUT2D eigenvalue weighted by molar-refractivity contribution is 0.584. The Bertz CT molecular complexity index is 520. The minimum atomic E-state index is -3.44. The Labute approximate surface area is 109 Å². The second-order valence-electron chi connectivity index (χ2n) is 3.18. The minimum Gasteiger partial charge on any atom is -0.210 e. The third kappa shape index (κ3) is 3.17. The zero-order valence-corrected chi connectivity index (χ0v) is 11.7. The maximum absolute atomic E-state index is 11.8. The van der Waals surface area contributed by atoms with Gasteiger partial charge in [-0.2, -0.15) is 5.26 Å². The van der Waals surface area contributed by atoms with Gasteiger partial charge in [0.15, 0.2) is 0 Å². The van der Waals surface area contributed by atoms with Gasteiger partial charge in [-0.3, -0.25) is 0 Å². The van der Waals surface area contributed by atoms with Crippen molar-refractivity contribution in [3.05, 3.63) is 29.3 Å². The van der Waals surface area contributed by atoms with Crippen molar-refractivity contribution < 1.29 is 8.42 Å². The molecule has 0 aliphatic carbocycles. The van der Waals surface area contributed by atoms with E-state index in [9.17, 15) is 8.42 Å². The molecule has 0 spiro atoms. The predicted octanol–water partition coefficient (Wildman–Crippen LogP) is 1.58. The Morgan fingerprint density at radius 3 is 2.69 bits per heavy atom. The number of nitriles is 1. The van der Waals surface area contributed by atoms with Crippen molar-refractivity contribution in [1.29, 1.82) is 5.26 Å². The van der Waals surface area contributed by atoms with Crippen LogP contribution in [0.1, 0.15) is 11.1 Å². The molecule has 0 radical (unpaired) electrons. The van der Waals surface area contributed by atoms with Gasteiger partial charge < -0.3 is 0 Å². The van der Waals surface area contributed by atoms with Crippen LogP contribution in [0, 0.1) is 18.3 Å². The molecule has 0 bridgehead atoms. The van der Waals surface area contributed by atoms with Gasteiger partial charge in [0, 0.05) is 11.0 Å². The highest BCUT2D eigenvalue weighted by Gasteiger charge is 2.15. The van der Waals surface area contributed by atoms with Gasteiger partial charge in [-0.05, 0) is 30.7 Å². The SMILES string of the molecule is Cc1cc(C#N)ccc1S(=O)(=O)NCCI. The maximum atomic E-state index is 11.8. The van der Waals surface area contributed by atoms with Crippen LogP contribution in [0.25, 0.3) is 0 Å². The second-order valence-corrected chi connectivity index (χ2v) is 5.99. The van der Waals surface area contributed by atoms with Crippen molar-refractivity contribution in [1.82, 2.24) is 4.72 Å². The van der Waals surface area contributed by atoms with E-state index in [1.165, 1.54) is 12.1 Å². The molecule has 6 heteroatoms. The van der Waals surface area contributed by atoms with Gasteiger partial charge in [0.1, 0.15) is 0 Å². The monoisotopic (exact) mass is 350 g/mol. The molecule has 0 unspecified atom stereocenters. The number of alkyl halides is 1. The van der Waals surface area contributed by atoms with Gasteiger partial charge >= 0.3 is 0 Å². The molecule has 0 saturated heterocycles. The molecular weight excluding hydrogens is 339 g/mol. The van der Waals surface area contributed by atoms with Gasteiger partial charge in [-0.25, -0.2) is 13.1 Å². The third-order valence-corrected chi connectivity index (χ3v) is 4.14. The first-order chi connectivity index (χ1) is 7.51. The molecule has 0 heterocycles. The van der Waals surface area contributed by atoms with Crippen LogP contribution in [0.15, 0.2) is 23.1 Å². The van der Waals surface area contributed by atoms with Crippen molar-refractivity contribution >= 4 is 32.6 Å². The molecule has 1 rings (SSSR count). The summed E-state index contributed by atoms with van der Waals surface area (Å²) in [4.78, 5) is 0.233. The highest BCUT2D eigenvalue weighted by atomic mass is 127. The highest BCUT2D eigenvalue weighted by molar-refractivity contribution is 14.1. The summed E-state index contributed by atoms with van der Waals surface area (Å²) in [7, 11) is -3.44. The Hall–Kier alpha value is -0.650. The van der Waals surface area contributed by atoms with Crippen LogP contribution in [-0.4, -0.2) is 19.4 Å². The number of nitrogens with one attached hydrogen (secondary N) is 1. The summed E-state index contributed by atoms with van der Waals surface area (Å²) in [6.45, 7) is 2.09. The maximum Gasteiger partial charge on any atom is 0.240 e. The first-order valence-electron chi connectivity index (χ1n) is 4.57. The van der Waals surface area contributed by atoms with Gasteiger partial charge in [-0.1, -0.05) is 22.6 Å². The van der Waals surface area contributed by atoms with Crippen molar-refractivity contribution in [2.75, 3.05) is 11.0 Å². The molecule has 1 aromatic rings. The average Bonchev–Trinajstić information content (AvgIpc) is 2.25. The molecule has 0 aromatic heterocycles. The van der Waals surface area contributed by atoms with Crippen LogP contribution in [0.4, 0.5) is 0 Å². The van der Waals surface area contributed by atoms with Gasteiger partial charge in [-0.15, -0.1) is 0 Å². The van der Waals surface area contributed by atoms with Crippen LogP contribution < -0.4 is 4.72 Å². The third-order valence-electron chi connectivity index (χ3n) is 1.98. The summed E-state index contributed by atoms with van der Waals surface area (Å²) in [6, 6.07) is 6.51. The first kappa shape index (κ1) is 13.4. The van der Waals surface area contributed by atoms with Gasteiger partial charge in [0.25, 0.3) is 0 Å². The Morgan fingerprint density at radius 2 is 2.19 bits per heavy atom. The van der Waals surface area contributed by atoms with Crippen LogP contribution >= 0.6 is 22.6 Å². The van der Waals surface area contributed by atoms with E-state index in [1.54, 1.807) is 13.0 Å². The van der Waals surface area contributed by atoms with E-state index < -0.39 is 10.0 Å². The largest absolute Gasteiger partial charge is 0.240 e. The zero-order valence-electron chi connectivity index (χ0n) is 8.70. The molecule has 0 atom stereocenters. The van der Waals surface area contributed by atoms with E-state index >= 15 is 0 Å². The summed E-state index contributed by atoms with van der Waals surface area (Å²) >= 11 is 2.10. The molecule has 86 valence electrons. The lowest BCUT2D eigenvalue weighted by Gasteiger charge is -2.08. The predicted molar refractivity (Wildman–Crippen MR) is 70.0 cm³/mol. The molecule has 0 amide bonds. The van der Waals surface area contributed by atoms with Crippen molar-refractivity contribution in [3.63, 3.8) is 0 Å². The van der Waals surface area contributed by atoms with Crippen LogP contribution in [0.3, 0.4) is 0 Å². The van der Waals surface area contributed by atoms with E-state index in [1.807, 2.05) is 6.07 Å². The number of nitrogens with zero attached hydrogens (tertiary/aromatic N) is 1. The minimum absolute atomic E-state index is 0.233. The number of aryl methyl sites for hydroxylation is 1. The van der Waals surface area contributed by atoms with E-state index in [0.29, 0.717) is 22.1 Å². The van der Waals surface area contributed by atoms with Gasteiger partial charge in [0.2, 0.25) is 10.0 Å². The Morgan fingerprint density at radius 1 is 1.50 bits per heavy atom. The smallest absolute Gasteiger partial charge is 0.210 e. The summed E-state index contributed by atoms with van der Waals surface area (Å²) in [5, 5.41) is 8.68. The standard InChI is InChI=1S/C10H11IN2O2S/c1-8-6-9(7-12)2-3-10(8)16(14,15)13-5-4-11/h2-3,6,13H,4-5H2,1H3. The number of rotatable bonds is 4. The van der Waals surface area contributed by atoms with Crippen LogP contribution in [0.5, 0.6) is 0 Å². The molecule has 4 nitrogen and oxygen atoms in total. The molecule has 0 aliphatic heterocycles. The molecule has 16 heavy (non-hydrogen) atoms. The average molecular weight is 350 g/mol. The van der Waals surface area contributed by atoms with Crippen LogP contribution in [0.2, 0.25) is 0 Å². The summed E-state index contributed by atoms with van der Waals surface area (Å²) in [5.74, 6) is 0. The molecular formula is C10H11IN2O2S. The van der Waals surface area contributed by atoms with Crippen molar-refractivity contribution in [2.24, 2.45) is 0 Å². The number of hydrogen-bond acceptors (Lipinski definition) is 3. The molecule has 1 aromatic carbocycles. The number of hydrogen-bond donors (Lipinski definition) is 1. The summed E-state index contributed by atoms with van der Waals surface area (Å²) in [6.07, 6.45) is 0. The van der Waals surface area contributed by atoms with E-state index in [0.717, 1.165) is 0 Å². The molecule has 1 N–H and O–H groups in total. The highest BCUT2D eigenvalue weighted by Crippen LogP contribution is 2.16. The van der Waals surface area contributed by atoms with E-state index in [4.69, 9.17) is 5.26 Å². The van der Waals surface area contributed by atoms with Crippen molar-refractivity contribution in [3.8, 4) is 6.07 Å². The lowest BCUT2D eigenvalue weighted by atomic mass is 10.2. The fourth-order valence-corrected chi connectivity index (χ4v) is 3.16. The summed E-state index contributed by atoms with van der Waals surface area (Å²) in [5.41, 5.74) is 1.05. The number of sulfonamides is 1.